The maximum Gasteiger partial charge on any atom is 0.322 e. The molecule has 0 radical (unpaired) electrons. The van der Waals surface area contributed by atoms with Gasteiger partial charge in [-0.1, -0.05) is 24.2 Å². The molecule has 1 heterocycles. The number of nitrogens with zero attached hydrogens (tertiary/aromatic N) is 2. The van der Waals surface area contributed by atoms with Gasteiger partial charge in [-0.25, -0.2) is 0 Å². The molecule has 1 N–H and O–H groups in total. The number of rotatable bonds is 9. The molecule has 0 spiro atoms. The maximum atomic E-state index is 12.6. The van der Waals surface area contributed by atoms with Crippen LogP contribution in [0.1, 0.15) is 28.7 Å². The number of thioether (sulfide) groups is 1. The number of ether oxygens (including phenoxy) is 3. The lowest BCUT2D eigenvalue weighted by Gasteiger charge is -2.13. The molecule has 8 nitrogen and oxygen atoms in total. The van der Waals surface area contributed by atoms with Crippen LogP contribution in [0.3, 0.4) is 0 Å². The van der Waals surface area contributed by atoms with Gasteiger partial charge >= 0.3 is 6.01 Å². The van der Waals surface area contributed by atoms with Crippen molar-refractivity contribution in [3.05, 3.63) is 53.4 Å². The number of carbonyl (C=O) groups excluding carboxylic acids is 1. The van der Waals surface area contributed by atoms with Gasteiger partial charge < -0.3 is 18.6 Å². The molecule has 0 atom stereocenters. The van der Waals surface area contributed by atoms with Crippen molar-refractivity contribution >= 4 is 23.7 Å². The quantitative estimate of drug-likeness (QED) is 0.509. The first kappa shape index (κ1) is 21.5. The number of amides is 1. The third kappa shape index (κ3) is 5.04. The third-order valence-electron chi connectivity index (χ3n) is 4.20. The van der Waals surface area contributed by atoms with Gasteiger partial charge in [-0.2, -0.15) is 0 Å². The Morgan fingerprint density at radius 1 is 1.03 bits per heavy atom. The third-order valence-corrected chi connectivity index (χ3v) is 5.10. The van der Waals surface area contributed by atoms with Crippen molar-refractivity contribution in [2.24, 2.45) is 0 Å². The van der Waals surface area contributed by atoms with Gasteiger partial charge in [0.1, 0.15) is 0 Å². The molecule has 0 unspecified atom stereocenters. The van der Waals surface area contributed by atoms with Crippen LogP contribution in [0.25, 0.3) is 0 Å². The van der Waals surface area contributed by atoms with E-state index in [0.717, 1.165) is 11.3 Å². The van der Waals surface area contributed by atoms with Crippen molar-refractivity contribution in [2.75, 3.05) is 32.4 Å². The Hall–Kier alpha value is -3.20. The molecule has 1 amide bonds. The summed E-state index contributed by atoms with van der Waals surface area (Å²) >= 11 is 1.78. The van der Waals surface area contributed by atoms with Gasteiger partial charge in [-0.05, 0) is 35.6 Å². The fourth-order valence-electron chi connectivity index (χ4n) is 2.80. The van der Waals surface area contributed by atoms with E-state index >= 15 is 0 Å². The zero-order valence-corrected chi connectivity index (χ0v) is 18.0. The lowest BCUT2D eigenvalue weighted by atomic mass is 10.1. The fourth-order valence-corrected chi connectivity index (χ4v) is 3.46. The molecule has 30 heavy (non-hydrogen) atoms. The van der Waals surface area contributed by atoms with E-state index < -0.39 is 5.91 Å². The summed E-state index contributed by atoms with van der Waals surface area (Å²) in [5, 5.41) is 10.5. The van der Waals surface area contributed by atoms with E-state index in [1.165, 1.54) is 26.2 Å². The van der Waals surface area contributed by atoms with Crippen molar-refractivity contribution in [2.45, 2.75) is 18.2 Å². The summed E-state index contributed by atoms with van der Waals surface area (Å²) in [5.74, 6) is 2.14. The maximum absolute atomic E-state index is 12.6. The molecule has 0 aliphatic carbocycles. The second kappa shape index (κ2) is 10.0. The van der Waals surface area contributed by atoms with E-state index in [9.17, 15) is 4.79 Å². The molecule has 0 aliphatic rings. The van der Waals surface area contributed by atoms with Crippen LogP contribution in [-0.2, 0) is 6.42 Å². The zero-order valence-electron chi connectivity index (χ0n) is 17.2. The van der Waals surface area contributed by atoms with Gasteiger partial charge in [0.25, 0.3) is 5.91 Å². The Morgan fingerprint density at radius 2 is 1.70 bits per heavy atom. The van der Waals surface area contributed by atoms with Gasteiger partial charge in [0.15, 0.2) is 11.5 Å². The minimum absolute atomic E-state index is 0.0157. The number of carbonyl (C=O) groups is 1. The average molecular weight is 429 g/mol. The van der Waals surface area contributed by atoms with Crippen LogP contribution in [0.5, 0.6) is 17.2 Å². The Kier molecular flexibility index (Phi) is 7.18. The molecule has 0 saturated heterocycles. The van der Waals surface area contributed by atoms with Crippen molar-refractivity contribution in [1.82, 2.24) is 10.2 Å². The Labute approximate surface area is 178 Å². The standard InChI is InChI=1S/C21H23N3O5S/c1-5-30-15-8-6-13(7-9-15)10-18-23-24-21(29-18)22-20(25)14-11-16(26-2)19(28-4)17(12-14)27-3/h6-9,11-12H,5,10H2,1-4H3,(H,22,24,25). The van der Waals surface area contributed by atoms with Crippen molar-refractivity contribution in [3.63, 3.8) is 0 Å². The summed E-state index contributed by atoms with van der Waals surface area (Å²) in [6, 6.07) is 11.3. The zero-order chi connectivity index (χ0) is 21.5. The highest BCUT2D eigenvalue weighted by molar-refractivity contribution is 7.99. The molecule has 3 aromatic rings. The van der Waals surface area contributed by atoms with Crippen LogP contribution in [0.2, 0.25) is 0 Å². The summed E-state index contributed by atoms with van der Waals surface area (Å²) in [7, 11) is 4.46. The summed E-state index contributed by atoms with van der Waals surface area (Å²) in [4.78, 5) is 13.8. The Morgan fingerprint density at radius 3 is 2.27 bits per heavy atom. The number of aromatic nitrogens is 2. The van der Waals surface area contributed by atoms with Crippen LogP contribution in [0.15, 0.2) is 45.7 Å². The molecule has 158 valence electrons. The topological polar surface area (TPSA) is 95.7 Å². The number of nitrogens with one attached hydrogen (secondary N) is 1. The SMILES string of the molecule is CCSc1ccc(Cc2nnc(NC(=O)c3cc(OC)c(OC)c(OC)c3)o2)cc1. The molecule has 2 aromatic carbocycles. The Bertz CT molecular complexity index is 979. The molecular formula is C21H23N3O5S. The van der Waals surface area contributed by atoms with Gasteiger partial charge in [-0.15, -0.1) is 16.9 Å². The van der Waals surface area contributed by atoms with E-state index in [2.05, 4.69) is 34.6 Å². The number of hydrogen-bond acceptors (Lipinski definition) is 8. The van der Waals surface area contributed by atoms with Crippen molar-refractivity contribution < 1.29 is 23.4 Å². The van der Waals surface area contributed by atoms with Gasteiger partial charge in [-0.3, -0.25) is 10.1 Å². The second-order valence-electron chi connectivity index (χ2n) is 6.12. The highest BCUT2D eigenvalue weighted by atomic mass is 32.2. The minimum Gasteiger partial charge on any atom is -0.493 e. The predicted molar refractivity (Wildman–Crippen MR) is 114 cm³/mol. The number of benzene rings is 2. The van der Waals surface area contributed by atoms with Crippen LogP contribution in [-0.4, -0.2) is 43.2 Å². The molecule has 0 saturated carbocycles. The number of anilines is 1. The van der Waals surface area contributed by atoms with E-state index in [0.29, 0.717) is 35.1 Å². The lowest BCUT2D eigenvalue weighted by molar-refractivity contribution is 0.102. The van der Waals surface area contributed by atoms with Gasteiger partial charge in [0.2, 0.25) is 11.6 Å². The molecule has 3 rings (SSSR count). The fraction of sp³-hybridized carbons (Fsp3) is 0.286. The second-order valence-corrected chi connectivity index (χ2v) is 7.46. The summed E-state index contributed by atoms with van der Waals surface area (Å²) in [6.45, 7) is 2.12. The van der Waals surface area contributed by atoms with E-state index in [1.54, 1.807) is 23.9 Å². The molecule has 0 bridgehead atoms. The first-order valence-electron chi connectivity index (χ1n) is 9.23. The molecule has 0 aliphatic heterocycles. The van der Waals surface area contributed by atoms with Gasteiger partial charge in [0.05, 0.1) is 27.8 Å². The van der Waals surface area contributed by atoms with E-state index in [1.807, 2.05) is 12.1 Å². The smallest absolute Gasteiger partial charge is 0.322 e. The van der Waals surface area contributed by atoms with Crippen LogP contribution >= 0.6 is 11.8 Å². The monoisotopic (exact) mass is 429 g/mol. The average Bonchev–Trinajstić information content (AvgIpc) is 3.20. The van der Waals surface area contributed by atoms with Crippen LogP contribution < -0.4 is 19.5 Å². The Balaban J connectivity index is 1.70. The van der Waals surface area contributed by atoms with Crippen molar-refractivity contribution in [1.29, 1.82) is 0 Å². The number of methoxy groups -OCH3 is 3. The largest absolute Gasteiger partial charge is 0.493 e. The predicted octanol–water partition coefficient (Wildman–Crippen LogP) is 4.05. The highest BCUT2D eigenvalue weighted by Gasteiger charge is 2.18. The van der Waals surface area contributed by atoms with Crippen molar-refractivity contribution in [3.8, 4) is 17.2 Å². The van der Waals surface area contributed by atoms with Crippen LogP contribution in [0.4, 0.5) is 6.01 Å². The summed E-state index contributed by atoms with van der Waals surface area (Å²) in [5.41, 5.74) is 1.34. The molecule has 1 aromatic heterocycles. The lowest BCUT2D eigenvalue weighted by Crippen LogP contribution is -2.13. The molecule has 9 heteroatoms. The first-order valence-corrected chi connectivity index (χ1v) is 10.2. The van der Waals surface area contributed by atoms with Crippen LogP contribution in [0, 0.1) is 0 Å². The molecular weight excluding hydrogens is 406 g/mol. The minimum atomic E-state index is -0.439. The summed E-state index contributed by atoms with van der Waals surface area (Å²) in [6.07, 6.45) is 0.476. The summed E-state index contributed by atoms with van der Waals surface area (Å²) < 4.78 is 21.4. The van der Waals surface area contributed by atoms with E-state index in [-0.39, 0.29) is 6.01 Å². The molecule has 0 fully saturated rings. The van der Waals surface area contributed by atoms with Gasteiger partial charge in [0, 0.05) is 10.5 Å². The first-order chi connectivity index (χ1) is 14.6. The number of hydrogen-bond donors (Lipinski definition) is 1. The normalized spacial score (nSPS) is 10.5. The van der Waals surface area contributed by atoms with E-state index in [4.69, 9.17) is 18.6 Å². The highest BCUT2D eigenvalue weighted by Crippen LogP contribution is 2.38.